The second-order valence-electron chi connectivity index (χ2n) is 5.16. The number of piperazine rings is 1. The van der Waals surface area contributed by atoms with Crippen LogP contribution >= 0.6 is 11.3 Å². The van der Waals surface area contributed by atoms with Crippen molar-refractivity contribution < 1.29 is 9.90 Å². The Balaban J connectivity index is 1.68. The predicted octanol–water partition coefficient (Wildman–Crippen LogP) is 2.70. The fourth-order valence-electron chi connectivity index (χ4n) is 2.82. The summed E-state index contributed by atoms with van der Waals surface area (Å²) >= 11 is 1.55. The van der Waals surface area contributed by atoms with Crippen LogP contribution in [0.2, 0.25) is 0 Å². The number of carboxylic acid groups (broad SMARTS) is 1. The lowest BCUT2D eigenvalue weighted by Gasteiger charge is -2.38. The van der Waals surface area contributed by atoms with Gasteiger partial charge in [0.15, 0.2) is 0 Å². The minimum atomic E-state index is -0.762. The van der Waals surface area contributed by atoms with Gasteiger partial charge in [-0.3, -0.25) is 9.69 Å². The summed E-state index contributed by atoms with van der Waals surface area (Å²) in [6.45, 7) is 3.25. The maximum Gasteiger partial charge on any atom is 0.325 e. The lowest BCUT2D eigenvalue weighted by molar-refractivity contribution is -0.143. The van der Waals surface area contributed by atoms with E-state index in [1.807, 2.05) is 35.0 Å². The van der Waals surface area contributed by atoms with Crippen LogP contribution in [0.5, 0.6) is 0 Å². The number of anilines is 1. The van der Waals surface area contributed by atoms with Gasteiger partial charge in [-0.05, 0) is 34.5 Å². The summed E-state index contributed by atoms with van der Waals surface area (Å²) in [5, 5.41) is 13.4. The van der Waals surface area contributed by atoms with Crippen molar-refractivity contribution in [1.29, 1.82) is 0 Å². The van der Waals surface area contributed by atoms with E-state index >= 15 is 0 Å². The van der Waals surface area contributed by atoms with Crippen LogP contribution in [0.25, 0.3) is 0 Å². The van der Waals surface area contributed by atoms with Crippen molar-refractivity contribution in [2.45, 2.75) is 6.04 Å². The number of carboxylic acids is 1. The van der Waals surface area contributed by atoms with Gasteiger partial charge >= 0.3 is 5.97 Å². The second-order valence-corrected chi connectivity index (χ2v) is 5.94. The van der Waals surface area contributed by atoms with E-state index in [2.05, 4.69) is 21.9 Å². The molecule has 1 fully saturated rings. The zero-order chi connectivity index (χ0) is 14.7. The van der Waals surface area contributed by atoms with E-state index < -0.39 is 12.0 Å². The summed E-state index contributed by atoms with van der Waals surface area (Å²) in [6.07, 6.45) is 0. The molecule has 1 saturated heterocycles. The lowest BCUT2D eigenvalue weighted by atomic mass is 10.1. The maximum atomic E-state index is 11.6. The number of rotatable bonds is 4. The van der Waals surface area contributed by atoms with E-state index in [4.69, 9.17) is 0 Å². The predicted molar refractivity (Wildman–Crippen MR) is 84.9 cm³/mol. The third-order valence-electron chi connectivity index (χ3n) is 3.89. The Bertz CT molecular complexity index is 578. The lowest BCUT2D eigenvalue weighted by Crippen LogP contribution is -2.49. The summed E-state index contributed by atoms with van der Waals surface area (Å²) in [7, 11) is 0. The van der Waals surface area contributed by atoms with Crippen LogP contribution in [0.4, 0.5) is 5.69 Å². The molecular weight excluding hydrogens is 284 g/mol. The van der Waals surface area contributed by atoms with Gasteiger partial charge in [-0.15, -0.1) is 0 Å². The quantitative estimate of drug-likeness (QED) is 0.943. The number of nitrogens with zero attached hydrogens (tertiary/aromatic N) is 2. The molecule has 0 bridgehead atoms. The van der Waals surface area contributed by atoms with Gasteiger partial charge in [0.05, 0.1) is 0 Å². The van der Waals surface area contributed by atoms with Crippen molar-refractivity contribution in [3.8, 4) is 0 Å². The third kappa shape index (κ3) is 3.09. The molecular formula is C16H18N2O2S. The molecule has 2 aromatic rings. The molecule has 5 heteroatoms. The first-order valence-corrected chi connectivity index (χ1v) is 7.99. The van der Waals surface area contributed by atoms with Crippen molar-refractivity contribution in [3.63, 3.8) is 0 Å². The Labute approximate surface area is 128 Å². The summed E-state index contributed by atoms with van der Waals surface area (Å²) < 4.78 is 0. The van der Waals surface area contributed by atoms with Crippen LogP contribution in [-0.4, -0.2) is 42.2 Å². The highest BCUT2D eigenvalue weighted by atomic mass is 32.1. The van der Waals surface area contributed by atoms with Crippen molar-refractivity contribution >= 4 is 23.0 Å². The fourth-order valence-corrected chi connectivity index (χ4v) is 3.50. The van der Waals surface area contributed by atoms with E-state index in [0.29, 0.717) is 0 Å². The molecule has 1 N–H and O–H groups in total. The molecule has 2 heterocycles. The summed E-state index contributed by atoms with van der Waals surface area (Å²) in [6, 6.07) is 11.7. The highest BCUT2D eigenvalue weighted by Crippen LogP contribution is 2.26. The van der Waals surface area contributed by atoms with Crippen molar-refractivity contribution in [3.05, 3.63) is 52.7 Å². The number of hydrogen-bond donors (Lipinski definition) is 1. The first kappa shape index (κ1) is 14.1. The maximum absolute atomic E-state index is 11.6. The minimum Gasteiger partial charge on any atom is -0.480 e. The molecule has 1 aliphatic heterocycles. The average molecular weight is 302 g/mol. The van der Waals surface area contributed by atoms with Gasteiger partial charge in [-0.1, -0.05) is 18.2 Å². The van der Waals surface area contributed by atoms with E-state index in [1.54, 1.807) is 11.3 Å². The first-order chi connectivity index (χ1) is 10.3. The average Bonchev–Trinajstić information content (AvgIpc) is 3.03. The van der Waals surface area contributed by atoms with E-state index in [0.717, 1.165) is 31.7 Å². The third-order valence-corrected chi connectivity index (χ3v) is 4.60. The van der Waals surface area contributed by atoms with E-state index in [1.165, 1.54) is 5.69 Å². The van der Waals surface area contributed by atoms with Gasteiger partial charge in [-0.2, -0.15) is 11.3 Å². The molecule has 0 saturated carbocycles. The van der Waals surface area contributed by atoms with Crippen LogP contribution < -0.4 is 4.90 Å². The van der Waals surface area contributed by atoms with Crippen LogP contribution in [0, 0.1) is 0 Å². The molecule has 1 aliphatic rings. The number of carbonyl (C=O) groups is 1. The van der Waals surface area contributed by atoms with E-state index in [9.17, 15) is 9.90 Å². The topological polar surface area (TPSA) is 43.8 Å². The summed E-state index contributed by atoms with van der Waals surface area (Å²) in [5.41, 5.74) is 2.10. The van der Waals surface area contributed by atoms with Crippen LogP contribution in [0.15, 0.2) is 47.2 Å². The zero-order valence-corrected chi connectivity index (χ0v) is 12.5. The highest BCUT2D eigenvalue weighted by Gasteiger charge is 2.30. The Morgan fingerprint density at radius 3 is 2.38 bits per heavy atom. The smallest absolute Gasteiger partial charge is 0.325 e. The highest BCUT2D eigenvalue weighted by molar-refractivity contribution is 7.08. The SMILES string of the molecule is O=C(O)[C@@H](c1ccsc1)N1CCN(c2ccccc2)CC1. The molecule has 1 atom stereocenters. The Kier molecular flexibility index (Phi) is 4.22. The van der Waals surface area contributed by atoms with Gasteiger partial charge in [0.1, 0.15) is 6.04 Å². The minimum absolute atomic E-state index is 0.519. The second kappa shape index (κ2) is 6.28. The molecule has 4 nitrogen and oxygen atoms in total. The molecule has 0 aliphatic carbocycles. The molecule has 0 amide bonds. The van der Waals surface area contributed by atoms with Gasteiger partial charge in [0.2, 0.25) is 0 Å². The van der Waals surface area contributed by atoms with Gasteiger partial charge in [0, 0.05) is 31.9 Å². The van der Waals surface area contributed by atoms with Crippen molar-refractivity contribution in [2.24, 2.45) is 0 Å². The van der Waals surface area contributed by atoms with Crippen LogP contribution in [0.1, 0.15) is 11.6 Å². The number of aliphatic carboxylic acids is 1. The van der Waals surface area contributed by atoms with Gasteiger partial charge in [-0.25, -0.2) is 0 Å². The summed E-state index contributed by atoms with van der Waals surface area (Å²) in [4.78, 5) is 16.0. The number of hydrogen-bond acceptors (Lipinski definition) is 4. The zero-order valence-electron chi connectivity index (χ0n) is 11.7. The Hall–Kier alpha value is -1.85. The molecule has 21 heavy (non-hydrogen) atoms. The van der Waals surface area contributed by atoms with Crippen molar-refractivity contribution in [1.82, 2.24) is 4.90 Å². The van der Waals surface area contributed by atoms with Crippen LogP contribution in [-0.2, 0) is 4.79 Å². The Morgan fingerprint density at radius 2 is 1.81 bits per heavy atom. The molecule has 0 unspecified atom stereocenters. The van der Waals surface area contributed by atoms with E-state index in [-0.39, 0.29) is 0 Å². The normalized spacial score (nSPS) is 17.6. The van der Waals surface area contributed by atoms with Gasteiger partial charge < -0.3 is 10.0 Å². The fraction of sp³-hybridized carbons (Fsp3) is 0.312. The molecule has 3 rings (SSSR count). The number of para-hydroxylation sites is 1. The van der Waals surface area contributed by atoms with Crippen LogP contribution in [0.3, 0.4) is 0 Å². The first-order valence-electron chi connectivity index (χ1n) is 7.04. The number of benzene rings is 1. The Morgan fingerprint density at radius 1 is 1.10 bits per heavy atom. The summed E-state index contributed by atoms with van der Waals surface area (Å²) in [5.74, 6) is -0.762. The molecule has 1 aromatic carbocycles. The molecule has 0 spiro atoms. The standard InChI is InChI=1S/C16H18N2O2S/c19-16(20)15(13-6-11-21-12-13)18-9-7-17(8-10-18)14-4-2-1-3-5-14/h1-6,11-12,15H,7-10H2,(H,19,20)/t15-/m1/s1. The molecule has 0 radical (unpaired) electrons. The number of thiophene rings is 1. The molecule has 1 aromatic heterocycles. The molecule has 110 valence electrons. The monoisotopic (exact) mass is 302 g/mol. The van der Waals surface area contributed by atoms with Gasteiger partial charge in [0.25, 0.3) is 0 Å². The largest absolute Gasteiger partial charge is 0.480 e. The van der Waals surface area contributed by atoms with Crippen molar-refractivity contribution in [2.75, 3.05) is 31.1 Å².